The van der Waals surface area contributed by atoms with Crippen molar-refractivity contribution in [2.45, 2.75) is 6.61 Å². The number of esters is 2. The zero-order chi connectivity index (χ0) is 19.1. The van der Waals surface area contributed by atoms with Gasteiger partial charge in [0.1, 0.15) is 12.2 Å². The highest BCUT2D eigenvalue weighted by Gasteiger charge is 2.21. The van der Waals surface area contributed by atoms with Crippen LogP contribution in [-0.2, 0) is 16.1 Å². The van der Waals surface area contributed by atoms with Gasteiger partial charge in [0.25, 0.3) is 0 Å². The van der Waals surface area contributed by atoms with Crippen LogP contribution in [0.3, 0.4) is 0 Å². The van der Waals surface area contributed by atoms with Crippen LogP contribution in [-0.4, -0.2) is 40.4 Å². The molecular weight excluding hydrogens is 340 g/mol. The maximum Gasteiger partial charge on any atom is 0.342 e. The van der Waals surface area contributed by atoms with Crippen LogP contribution in [0.15, 0.2) is 36.4 Å². The highest BCUT2D eigenvalue weighted by Crippen LogP contribution is 2.40. The van der Waals surface area contributed by atoms with Crippen molar-refractivity contribution in [1.29, 1.82) is 0 Å². The van der Waals surface area contributed by atoms with E-state index in [2.05, 4.69) is 4.74 Å². The first-order valence-corrected chi connectivity index (χ1v) is 7.69. The Labute approximate surface area is 151 Å². The zero-order valence-electron chi connectivity index (χ0n) is 15.0. The molecule has 0 aliphatic heterocycles. The molecule has 7 nitrogen and oxygen atoms in total. The molecule has 0 unspecified atom stereocenters. The summed E-state index contributed by atoms with van der Waals surface area (Å²) in [4.78, 5) is 23.8. The minimum Gasteiger partial charge on any atom is -0.493 e. The van der Waals surface area contributed by atoms with Crippen molar-refractivity contribution in [3.05, 3.63) is 53.1 Å². The SMILES string of the molecule is COC(=O)c1ccc(COC(=O)c2ccc(OC)c(OC)c2OC)cc1. The second-order valence-corrected chi connectivity index (χ2v) is 5.15. The van der Waals surface area contributed by atoms with Gasteiger partial charge in [-0.1, -0.05) is 12.1 Å². The highest BCUT2D eigenvalue weighted by atomic mass is 16.5. The van der Waals surface area contributed by atoms with Crippen molar-refractivity contribution in [2.75, 3.05) is 28.4 Å². The molecule has 0 saturated heterocycles. The molecule has 0 saturated carbocycles. The molecule has 0 atom stereocenters. The van der Waals surface area contributed by atoms with Gasteiger partial charge in [-0.2, -0.15) is 0 Å². The molecule has 2 aromatic carbocycles. The molecule has 138 valence electrons. The average Bonchev–Trinajstić information content (AvgIpc) is 2.70. The van der Waals surface area contributed by atoms with Gasteiger partial charge in [0, 0.05) is 0 Å². The molecule has 0 spiro atoms. The van der Waals surface area contributed by atoms with E-state index in [1.54, 1.807) is 36.4 Å². The third kappa shape index (κ3) is 4.05. The number of carbonyl (C=O) groups is 2. The number of hydrogen-bond donors (Lipinski definition) is 0. The molecule has 0 aromatic heterocycles. The van der Waals surface area contributed by atoms with Crippen molar-refractivity contribution in [3.63, 3.8) is 0 Å². The molecule has 0 aliphatic rings. The van der Waals surface area contributed by atoms with Crippen LogP contribution in [0, 0.1) is 0 Å². The van der Waals surface area contributed by atoms with Crippen LogP contribution in [0.2, 0.25) is 0 Å². The largest absolute Gasteiger partial charge is 0.493 e. The first-order valence-electron chi connectivity index (χ1n) is 7.69. The van der Waals surface area contributed by atoms with Crippen molar-refractivity contribution in [2.24, 2.45) is 0 Å². The molecule has 0 heterocycles. The summed E-state index contributed by atoms with van der Waals surface area (Å²) in [7, 11) is 5.69. The Kier molecular flexibility index (Phi) is 6.43. The minimum atomic E-state index is -0.570. The van der Waals surface area contributed by atoms with Crippen LogP contribution in [0.25, 0.3) is 0 Å². The number of benzene rings is 2. The summed E-state index contributed by atoms with van der Waals surface area (Å²) in [6.07, 6.45) is 0. The van der Waals surface area contributed by atoms with E-state index in [1.807, 2.05) is 0 Å². The predicted molar refractivity (Wildman–Crippen MR) is 93.0 cm³/mol. The summed E-state index contributed by atoms with van der Waals surface area (Å²) in [6.45, 7) is 0.0395. The number of methoxy groups -OCH3 is 4. The zero-order valence-corrected chi connectivity index (χ0v) is 15.0. The standard InChI is InChI=1S/C19H20O7/c1-22-15-10-9-14(16(23-2)17(15)24-3)19(21)26-11-12-5-7-13(8-6-12)18(20)25-4/h5-10H,11H2,1-4H3. The smallest absolute Gasteiger partial charge is 0.342 e. The fourth-order valence-electron chi connectivity index (χ4n) is 2.34. The Morgan fingerprint density at radius 2 is 1.42 bits per heavy atom. The van der Waals surface area contributed by atoms with Crippen LogP contribution < -0.4 is 14.2 Å². The van der Waals surface area contributed by atoms with Gasteiger partial charge in [0.2, 0.25) is 5.75 Å². The summed E-state index contributed by atoms with van der Waals surface area (Å²) < 4.78 is 25.7. The number of hydrogen-bond acceptors (Lipinski definition) is 7. The van der Waals surface area contributed by atoms with E-state index in [-0.39, 0.29) is 17.9 Å². The summed E-state index contributed by atoms with van der Waals surface area (Å²) in [5.74, 6) is -0.00692. The van der Waals surface area contributed by atoms with Gasteiger partial charge < -0.3 is 23.7 Å². The molecule has 2 rings (SSSR count). The Morgan fingerprint density at radius 1 is 0.769 bits per heavy atom. The first kappa shape index (κ1) is 19.1. The van der Waals surface area contributed by atoms with E-state index in [0.717, 1.165) is 5.56 Å². The third-order valence-corrected chi connectivity index (χ3v) is 3.67. The number of ether oxygens (including phenoxy) is 5. The third-order valence-electron chi connectivity index (χ3n) is 3.67. The molecule has 0 N–H and O–H groups in total. The molecular formula is C19H20O7. The molecule has 0 aliphatic carbocycles. The van der Waals surface area contributed by atoms with E-state index >= 15 is 0 Å². The summed E-state index contributed by atoms with van der Waals surface area (Å²) in [5, 5.41) is 0. The van der Waals surface area contributed by atoms with Crippen molar-refractivity contribution in [3.8, 4) is 17.2 Å². The molecule has 0 radical (unpaired) electrons. The quantitative estimate of drug-likeness (QED) is 0.702. The Morgan fingerprint density at radius 3 is 1.96 bits per heavy atom. The van der Waals surface area contributed by atoms with Gasteiger partial charge in [-0.25, -0.2) is 9.59 Å². The second-order valence-electron chi connectivity index (χ2n) is 5.15. The van der Waals surface area contributed by atoms with Crippen LogP contribution in [0.1, 0.15) is 26.3 Å². The second kappa shape index (κ2) is 8.75. The first-order chi connectivity index (χ1) is 12.5. The monoisotopic (exact) mass is 360 g/mol. The Balaban J connectivity index is 2.14. The maximum absolute atomic E-state index is 12.4. The lowest BCUT2D eigenvalue weighted by Gasteiger charge is -2.15. The van der Waals surface area contributed by atoms with Crippen molar-refractivity contribution in [1.82, 2.24) is 0 Å². The lowest BCUT2D eigenvalue weighted by molar-refractivity contribution is 0.0467. The Bertz CT molecular complexity index is 781. The van der Waals surface area contributed by atoms with E-state index in [0.29, 0.717) is 17.1 Å². The molecule has 26 heavy (non-hydrogen) atoms. The van der Waals surface area contributed by atoms with E-state index in [1.165, 1.54) is 28.4 Å². The average molecular weight is 360 g/mol. The van der Waals surface area contributed by atoms with Crippen LogP contribution in [0.5, 0.6) is 17.2 Å². The summed E-state index contributed by atoms with van der Waals surface area (Å²) in [5.41, 5.74) is 1.37. The fraction of sp³-hybridized carbons (Fsp3) is 0.263. The van der Waals surface area contributed by atoms with E-state index in [4.69, 9.17) is 18.9 Å². The molecule has 0 fully saturated rings. The lowest BCUT2D eigenvalue weighted by atomic mass is 10.1. The van der Waals surface area contributed by atoms with Crippen LogP contribution in [0.4, 0.5) is 0 Å². The molecule has 7 heteroatoms. The topological polar surface area (TPSA) is 80.3 Å². The van der Waals surface area contributed by atoms with E-state index < -0.39 is 11.9 Å². The van der Waals surface area contributed by atoms with Gasteiger partial charge in [0.05, 0.1) is 34.0 Å². The fourth-order valence-corrected chi connectivity index (χ4v) is 2.34. The Hall–Kier alpha value is -3.22. The molecule has 2 aromatic rings. The van der Waals surface area contributed by atoms with E-state index in [9.17, 15) is 9.59 Å². The summed E-state index contributed by atoms with van der Waals surface area (Å²) >= 11 is 0. The predicted octanol–water partition coefficient (Wildman–Crippen LogP) is 2.86. The number of carbonyl (C=O) groups excluding carboxylic acids is 2. The molecule has 0 bridgehead atoms. The van der Waals surface area contributed by atoms with Gasteiger partial charge in [-0.05, 0) is 29.8 Å². The van der Waals surface area contributed by atoms with Gasteiger partial charge in [0.15, 0.2) is 11.5 Å². The van der Waals surface area contributed by atoms with Crippen molar-refractivity contribution >= 4 is 11.9 Å². The van der Waals surface area contributed by atoms with Crippen molar-refractivity contribution < 1.29 is 33.3 Å². The molecule has 0 amide bonds. The lowest BCUT2D eigenvalue weighted by Crippen LogP contribution is -2.09. The highest BCUT2D eigenvalue weighted by molar-refractivity contribution is 5.94. The normalized spacial score (nSPS) is 10.0. The minimum absolute atomic E-state index is 0.0395. The summed E-state index contributed by atoms with van der Waals surface area (Å²) in [6, 6.07) is 9.72. The number of rotatable bonds is 7. The van der Waals surface area contributed by atoms with Gasteiger partial charge >= 0.3 is 11.9 Å². The maximum atomic E-state index is 12.4. The van der Waals surface area contributed by atoms with Gasteiger partial charge in [-0.15, -0.1) is 0 Å². The van der Waals surface area contributed by atoms with Gasteiger partial charge in [-0.3, -0.25) is 0 Å². The van der Waals surface area contributed by atoms with Crippen LogP contribution >= 0.6 is 0 Å².